The van der Waals surface area contributed by atoms with Crippen LogP contribution in [0.5, 0.6) is 5.75 Å². The molecule has 0 aliphatic carbocycles. The number of hydrogen-bond acceptors (Lipinski definition) is 4. The molecule has 0 radical (unpaired) electrons. The lowest BCUT2D eigenvalue weighted by atomic mass is 10.2. The van der Waals surface area contributed by atoms with Crippen LogP contribution in [-0.2, 0) is 0 Å². The van der Waals surface area contributed by atoms with Gasteiger partial charge in [-0.15, -0.1) is 0 Å². The highest BCUT2D eigenvalue weighted by Gasteiger charge is 2.14. The van der Waals surface area contributed by atoms with E-state index in [0.717, 1.165) is 0 Å². The van der Waals surface area contributed by atoms with Crippen LogP contribution in [-0.4, -0.2) is 37.4 Å². The third-order valence-corrected chi connectivity index (χ3v) is 1.80. The van der Waals surface area contributed by atoms with Crippen LogP contribution < -0.4 is 4.74 Å². The zero-order chi connectivity index (χ0) is 12.1. The molecule has 86 valence electrons. The number of benzene rings is 1. The molecule has 0 aliphatic rings. The zero-order valence-electron chi connectivity index (χ0n) is 9.38. The molecule has 0 amide bonds. The van der Waals surface area contributed by atoms with Gasteiger partial charge in [0.2, 0.25) is 0 Å². The summed E-state index contributed by atoms with van der Waals surface area (Å²) in [5, 5.41) is 10.6. The first-order chi connectivity index (χ1) is 7.54. The van der Waals surface area contributed by atoms with E-state index < -0.39 is 4.92 Å². The standard InChI is InChI=1S/C10H13N3O3/c1-12(2)7-11-8-4-5-9(13(14)15)10(6-8)16-3/h4-7H,1-3H3. The van der Waals surface area contributed by atoms with Gasteiger partial charge in [0.05, 0.1) is 24.1 Å². The molecule has 0 saturated heterocycles. The molecule has 1 aromatic carbocycles. The predicted molar refractivity (Wildman–Crippen MR) is 61.5 cm³/mol. The Bertz CT molecular complexity index is 416. The Balaban J connectivity index is 3.04. The van der Waals surface area contributed by atoms with Crippen LogP contribution in [0.3, 0.4) is 0 Å². The number of aliphatic imine (C=N–C) groups is 1. The fourth-order valence-electron chi connectivity index (χ4n) is 1.08. The average Bonchev–Trinajstić information content (AvgIpc) is 2.25. The van der Waals surface area contributed by atoms with Crippen LogP contribution in [0.25, 0.3) is 0 Å². The molecule has 0 N–H and O–H groups in total. The average molecular weight is 223 g/mol. The Morgan fingerprint density at radius 2 is 2.19 bits per heavy atom. The predicted octanol–water partition coefficient (Wildman–Crippen LogP) is 1.82. The highest BCUT2D eigenvalue weighted by Crippen LogP contribution is 2.30. The van der Waals surface area contributed by atoms with E-state index in [1.165, 1.54) is 19.2 Å². The van der Waals surface area contributed by atoms with Gasteiger partial charge in [-0.1, -0.05) is 0 Å². The van der Waals surface area contributed by atoms with Crippen molar-refractivity contribution in [3.05, 3.63) is 28.3 Å². The summed E-state index contributed by atoms with van der Waals surface area (Å²) < 4.78 is 4.92. The summed E-state index contributed by atoms with van der Waals surface area (Å²) in [4.78, 5) is 16.0. The molecular formula is C10H13N3O3. The van der Waals surface area contributed by atoms with Gasteiger partial charge in [0.1, 0.15) is 0 Å². The van der Waals surface area contributed by atoms with E-state index in [-0.39, 0.29) is 11.4 Å². The summed E-state index contributed by atoms with van der Waals surface area (Å²) >= 11 is 0. The quantitative estimate of drug-likeness (QED) is 0.338. The fraction of sp³-hybridized carbons (Fsp3) is 0.300. The summed E-state index contributed by atoms with van der Waals surface area (Å²) in [6.45, 7) is 0. The lowest BCUT2D eigenvalue weighted by Gasteiger charge is -2.04. The Morgan fingerprint density at radius 3 is 2.69 bits per heavy atom. The smallest absolute Gasteiger partial charge is 0.311 e. The van der Waals surface area contributed by atoms with Crippen molar-refractivity contribution < 1.29 is 9.66 Å². The van der Waals surface area contributed by atoms with Crippen molar-refractivity contribution in [2.75, 3.05) is 21.2 Å². The molecule has 6 nitrogen and oxygen atoms in total. The maximum atomic E-state index is 10.6. The molecule has 0 saturated carbocycles. The lowest BCUT2D eigenvalue weighted by Crippen LogP contribution is -2.06. The van der Waals surface area contributed by atoms with Crippen molar-refractivity contribution in [3.63, 3.8) is 0 Å². The number of ether oxygens (including phenoxy) is 1. The van der Waals surface area contributed by atoms with Crippen LogP contribution in [0.1, 0.15) is 0 Å². The molecule has 0 bridgehead atoms. The Hall–Kier alpha value is -2.11. The van der Waals surface area contributed by atoms with Crippen LogP contribution in [0, 0.1) is 10.1 Å². The number of nitro groups is 1. The highest BCUT2D eigenvalue weighted by molar-refractivity contribution is 5.63. The molecule has 0 heterocycles. The number of hydrogen-bond donors (Lipinski definition) is 0. The summed E-state index contributed by atoms with van der Waals surface area (Å²) in [6, 6.07) is 4.47. The van der Waals surface area contributed by atoms with Gasteiger partial charge in [0, 0.05) is 26.2 Å². The van der Waals surface area contributed by atoms with Gasteiger partial charge >= 0.3 is 5.69 Å². The van der Waals surface area contributed by atoms with Crippen LogP contribution in [0.4, 0.5) is 11.4 Å². The van der Waals surface area contributed by atoms with E-state index in [2.05, 4.69) is 4.99 Å². The molecule has 16 heavy (non-hydrogen) atoms. The third-order valence-electron chi connectivity index (χ3n) is 1.80. The van der Waals surface area contributed by atoms with Gasteiger partial charge in [-0.3, -0.25) is 10.1 Å². The van der Waals surface area contributed by atoms with Crippen LogP contribution in [0.2, 0.25) is 0 Å². The number of nitro benzene ring substituents is 1. The lowest BCUT2D eigenvalue weighted by molar-refractivity contribution is -0.385. The highest BCUT2D eigenvalue weighted by atomic mass is 16.6. The Labute approximate surface area is 93.3 Å². The number of rotatable bonds is 4. The van der Waals surface area contributed by atoms with Gasteiger partial charge < -0.3 is 9.64 Å². The largest absolute Gasteiger partial charge is 0.490 e. The molecule has 0 spiro atoms. The summed E-state index contributed by atoms with van der Waals surface area (Å²) in [5.41, 5.74) is 0.544. The van der Waals surface area contributed by atoms with Crippen LogP contribution >= 0.6 is 0 Å². The van der Waals surface area contributed by atoms with Gasteiger partial charge in [-0.05, 0) is 6.07 Å². The molecule has 0 aromatic heterocycles. The summed E-state index contributed by atoms with van der Waals surface area (Å²) in [5.74, 6) is 0.207. The van der Waals surface area contributed by atoms with Crippen molar-refractivity contribution in [1.82, 2.24) is 4.90 Å². The van der Waals surface area contributed by atoms with Crippen molar-refractivity contribution in [3.8, 4) is 5.75 Å². The second-order valence-corrected chi connectivity index (χ2v) is 3.32. The van der Waals surface area contributed by atoms with E-state index in [1.807, 2.05) is 14.1 Å². The van der Waals surface area contributed by atoms with E-state index in [4.69, 9.17) is 4.74 Å². The second-order valence-electron chi connectivity index (χ2n) is 3.32. The number of methoxy groups -OCH3 is 1. The van der Waals surface area contributed by atoms with Crippen LogP contribution in [0.15, 0.2) is 23.2 Å². The number of nitrogens with zero attached hydrogens (tertiary/aromatic N) is 3. The van der Waals surface area contributed by atoms with Gasteiger partial charge in [-0.2, -0.15) is 0 Å². The monoisotopic (exact) mass is 223 g/mol. The second kappa shape index (κ2) is 5.11. The minimum Gasteiger partial charge on any atom is -0.490 e. The molecule has 0 atom stereocenters. The van der Waals surface area contributed by atoms with Crippen molar-refractivity contribution in [2.24, 2.45) is 4.99 Å². The molecule has 0 aliphatic heterocycles. The van der Waals surface area contributed by atoms with E-state index in [9.17, 15) is 10.1 Å². The molecule has 6 heteroatoms. The zero-order valence-corrected chi connectivity index (χ0v) is 9.38. The summed E-state index contributed by atoms with van der Waals surface area (Å²) in [7, 11) is 5.07. The molecule has 1 aromatic rings. The third kappa shape index (κ3) is 2.94. The Kier molecular flexibility index (Phi) is 3.82. The minimum absolute atomic E-state index is 0.0636. The van der Waals surface area contributed by atoms with Gasteiger partial charge in [0.25, 0.3) is 0 Å². The molecule has 1 rings (SSSR count). The van der Waals surface area contributed by atoms with E-state index >= 15 is 0 Å². The summed E-state index contributed by atoms with van der Waals surface area (Å²) in [6.07, 6.45) is 1.61. The maximum absolute atomic E-state index is 10.6. The normalized spacial score (nSPS) is 10.4. The van der Waals surface area contributed by atoms with E-state index in [1.54, 1.807) is 17.3 Å². The molecule has 0 fully saturated rings. The SMILES string of the molecule is COc1cc(N=CN(C)C)ccc1[N+](=O)[O-]. The van der Waals surface area contributed by atoms with Crippen molar-refractivity contribution >= 4 is 17.7 Å². The fourth-order valence-corrected chi connectivity index (χ4v) is 1.08. The first kappa shape index (κ1) is 12.0. The van der Waals surface area contributed by atoms with Crippen molar-refractivity contribution in [1.29, 1.82) is 0 Å². The molecular weight excluding hydrogens is 210 g/mol. The van der Waals surface area contributed by atoms with Gasteiger partial charge in [-0.25, -0.2) is 4.99 Å². The van der Waals surface area contributed by atoms with Crippen molar-refractivity contribution in [2.45, 2.75) is 0 Å². The Morgan fingerprint density at radius 1 is 1.50 bits per heavy atom. The van der Waals surface area contributed by atoms with E-state index in [0.29, 0.717) is 5.69 Å². The topological polar surface area (TPSA) is 68.0 Å². The minimum atomic E-state index is -0.488. The first-order valence-electron chi connectivity index (χ1n) is 4.57. The first-order valence-corrected chi connectivity index (χ1v) is 4.57. The molecule has 0 unspecified atom stereocenters. The maximum Gasteiger partial charge on any atom is 0.311 e. The van der Waals surface area contributed by atoms with Gasteiger partial charge in [0.15, 0.2) is 5.75 Å².